The van der Waals surface area contributed by atoms with E-state index in [0.29, 0.717) is 29.8 Å². The van der Waals surface area contributed by atoms with E-state index in [1.807, 2.05) is 34.6 Å². The highest BCUT2D eigenvalue weighted by atomic mass is 35.5. The van der Waals surface area contributed by atoms with Crippen LogP contribution in [0.15, 0.2) is 30.3 Å². The summed E-state index contributed by atoms with van der Waals surface area (Å²) in [6, 6.07) is 10.6. The molecule has 0 atom stereocenters. The van der Waals surface area contributed by atoms with Gasteiger partial charge in [0, 0.05) is 61.5 Å². The quantitative estimate of drug-likeness (QED) is 0.462. The van der Waals surface area contributed by atoms with Crippen LogP contribution in [0.3, 0.4) is 0 Å². The van der Waals surface area contributed by atoms with Gasteiger partial charge in [-0.2, -0.15) is 9.65 Å². The maximum Gasteiger partial charge on any atom is 0.251 e. The van der Waals surface area contributed by atoms with Gasteiger partial charge < -0.3 is 9.80 Å². The Kier molecular flexibility index (Phi) is 4.89. The number of aromatic nitrogens is 4. The van der Waals surface area contributed by atoms with Gasteiger partial charge in [0.25, 0.3) is 5.92 Å². The van der Waals surface area contributed by atoms with E-state index in [0.717, 1.165) is 43.4 Å². The largest absolute Gasteiger partial charge is 0.355 e. The molecule has 5 heterocycles. The number of alkyl halides is 2. The molecule has 38 heavy (non-hydrogen) atoms. The van der Waals surface area contributed by atoms with E-state index in [1.54, 1.807) is 12.1 Å². The van der Waals surface area contributed by atoms with Crippen molar-refractivity contribution in [1.29, 1.82) is 5.26 Å². The molecule has 2 aromatic heterocycles. The molecule has 12 heteroatoms. The number of nitriles is 1. The Hall–Kier alpha value is -3.36. The lowest BCUT2D eigenvalue weighted by Crippen LogP contribution is -2.73. The summed E-state index contributed by atoms with van der Waals surface area (Å²) in [6.07, 6.45) is -0.361. The Balaban J connectivity index is 1.13. The van der Waals surface area contributed by atoms with E-state index < -0.39 is 17.4 Å². The van der Waals surface area contributed by atoms with E-state index in [9.17, 15) is 13.2 Å². The first-order chi connectivity index (χ1) is 18.1. The number of anilines is 2. The fourth-order valence-electron chi connectivity index (χ4n) is 6.57. The predicted molar refractivity (Wildman–Crippen MR) is 134 cm³/mol. The minimum absolute atomic E-state index is 0.0447. The highest BCUT2D eigenvalue weighted by molar-refractivity contribution is 6.30. The van der Waals surface area contributed by atoms with Crippen molar-refractivity contribution in [1.82, 2.24) is 24.6 Å². The SMILES string of the molecule is CC1(N2Cc3cc(Cl)ccc3-n3c(nnc3N3CC4(CN(c5ccc(C#N)c(F)n5)C4)C3)C2)CC(F)(F)C1. The average molecular weight is 541 g/mol. The molecule has 3 aliphatic heterocycles. The van der Waals surface area contributed by atoms with Gasteiger partial charge in [0.15, 0.2) is 5.82 Å². The molecule has 4 aliphatic rings. The van der Waals surface area contributed by atoms with Crippen molar-refractivity contribution < 1.29 is 13.2 Å². The normalized spacial score (nSPS) is 22.4. The van der Waals surface area contributed by atoms with Crippen molar-refractivity contribution in [2.75, 3.05) is 36.0 Å². The fourth-order valence-corrected chi connectivity index (χ4v) is 6.77. The van der Waals surface area contributed by atoms with Crippen LogP contribution < -0.4 is 9.80 Å². The topological polar surface area (TPSA) is 77.1 Å². The van der Waals surface area contributed by atoms with Gasteiger partial charge in [0.05, 0.1) is 12.2 Å². The molecule has 0 radical (unpaired) electrons. The van der Waals surface area contributed by atoms with Crippen LogP contribution in [-0.4, -0.2) is 62.3 Å². The second kappa shape index (κ2) is 7.83. The third kappa shape index (κ3) is 3.57. The monoisotopic (exact) mass is 540 g/mol. The zero-order valence-electron chi connectivity index (χ0n) is 20.6. The molecule has 1 aliphatic carbocycles. The Morgan fingerprint density at radius 1 is 1.00 bits per heavy atom. The molecule has 0 N–H and O–H groups in total. The van der Waals surface area contributed by atoms with Crippen LogP contribution in [0.1, 0.15) is 36.7 Å². The first kappa shape index (κ1) is 23.7. The summed E-state index contributed by atoms with van der Waals surface area (Å²) in [5, 5.41) is 18.6. The second-order valence-electron chi connectivity index (χ2n) is 11.4. The van der Waals surface area contributed by atoms with Crippen LogP contribution in [0.25, 0.3) is 5.69 Å². The molecule has 1 saturated carbocycles. The smallest absolute Gasteiger partial charge is 0.251 e. The fraction of sp³-hybridized carbons (Fsp3) is 0.462. The highest BCUT2D eigenvalue weighted by Crippen LogP contribution is 2.51. The zero-order valence-corrected chi connectivity index (χ0v) is 21.4. The van der Waals surface area contributed by atoms with Gasteiger partial charge in [-0.05, 0) is 42.8 Å². The summed E-state index contributed by atoms with van der Waals surface area (Å²) in [6.45, 7) is 5.78. The first-order valence-corrected chi connectivity index (χ1v) is 12.9. The van der Waals surface area contributed by atoms with Gasteiger partial charge in [0.2, 0.25) is 11.9 Å². The number of rotatable bonds is 3. The number of hydrogen-bond acceptors (Lipinski definition) is 7. The van der Waals surface area contributed by atoms with E-state index in [1.165, 1.54) is 6.07 Å². The van der Waals surface area contributed by atoms with Crippen molar-refractivity contribution in [3.63, 3.8) is 0 Å². The number of nitrogens with zero attached hydrogens (tertiary/aromatic N) is 8. The third-order valence-corrected chi connectivity index (χ3v) is 8.63. The van der Waals surface area contributed by atoms with Gasteiger partial charge in [-0.25, -0.2) is 13.8 Å². The summed E-state index contributed by atoms with van der Waals surface area (Å²) in [5.74, 6) is -1.42. The molecular formula is C26H24ClF3N8. The van der Waals surface area contributed by atoms with Gasteiger partial charge in [0.1, 0.15) is 17.5 Å². The minimum Gasteiger partial charge on any atom is -0.355 e. The summed E-state index contributed by atoms with van der Waals surface area (Å²) in [7, 11) is 0. The molecule has 1 spiro atoms. The molecule has 196 valence electrons. The van der Waals surface area contributed by atoms with Crippen molar-refractivity contribution in [3.05, 3.63) is 58.3 Å². The standard InChI is InChI=1S/C26H24ClF3N8/c1-24(10-26(29,30)11-24)37-8-17-6-18(27)3-4-19(17)38-21(9-37)33-34-23(38)36-14-25(15-36)12-35(13-25)20-5-2-16(7-31)22(28)32-20/h2-6H,8-15H2,1H3. The van der Waals surface area contributed by atoms with Crippen molar-refractivity contribution in [2.24, 2.45) is 5.41 Å². The predicted octanol–water partition coefficient (Wildman–Crippen LogP) is 4.16. The summed E-state index contributed by atoms with van der Waals surface area (Å²) in [5.41, 5.74) is 1.22. The Morgan fingerprint density at radius 2 is 1.74 bits per heavy atom. The van der Waals surface area contributed by atoms with Crippen molar-refractivity contribution in [2.45, 2.75) is 44.3 Å². The van der Waals surface area contributed by atoms with Crippen molar-refractivity contribution >= 4 is 23.4 Å². The Labute approximate surface area is 222 Å². The van der Waals surface area contributed by atoms with Gasteiger partial charge >= 0.3 is 0 Å². The average Bonchev–Trinajstić information content (AvgIpc) is 3.11. The van der Waals surface area contributed by atoms with Crippen LogP contribution in [0.5, 0.6) is 0 Å². The molecule has 8 nitrogen and oxygen atoms in total. The minimum atomic E-state index is -2.64. The molecule has 1 aromatic carbocycles. The number of halogens is 4. The molecule has 3 aromatic rings. The summed E-state index contributed by atoms with van der Waals surface area (Å²) >= 11 is 6.34. The highest BCUT2D eigenvalue weighted by Gasteiger charge is 2.57. The van der Waals surface area contributed by atoms with Gasteiger partial charge in [-0.15, -0.1) is 10.2 Å². The number of pyridine rings is 1. The van der Waals surface area contributed by atoms with Crippen LogP contribution in [-0.2, 0) is 13.1 Å². The zero-order chi connectivity index (χ0) is 26.4. The van der Waals surface area contributed by atoms with Gasteiger partial charge in [-0.1, -0.05) is 11.6 Å². The van der Waals surface area contributed by atoms with Crippen LogP contribution in [0.4, 0.5) is 24.9 Å². The Bertz CT molecular complexity index is 1490. The maximum atomic E-state index is 14.0. The van der Waals surface area contributed by atoms with Crippen molar-refractivity contribution in [3.8, 4) is 11.8 Å². The number of fused-ring (bicyclic) bond motifs is 3. The second-order valence-corrected chi connectivity index (χ2v) is 11.9. The summed E-state index contributed by atoms with van der Waals surface area (Å²) in [4.78, 5) is 10.2. The molecule has 7 rings (SSSR count). The lowest BCUT2D eigenvalue weighted by molar-refractivity contribution is -0.173. The number of benzene rings is 1. The Morgan fingerprint density at radius 3 is 2.42 bits per heavy atom. The van der Waals surface area contributed by atoms with E-state index in [4.69, 9.17) is 16.9 Å². The molecule has 3 fully saturated rings. The molecule has 0 amide bonds. The molecular weight excluding hydrogens is 517 g/mol. The molecule has 2 saturated heterocycles. The van der Waals surface area contributed by atoms with Gasteiger partial charge in [-0.3, -0.25) is 9.47 Å². The molecule has 0 bridgehead atoms. The van der Waals surface area contributed by atoms with E-state index in [-0.39, 0.29) is 23.8 Å². The lowest BCUT2D eigenvalue weighted by atomic mass is 9.73. The van der Waals surface area contributed by atoms with E-state index in [2.05, 4.69) is 25.0 Å². The van der Waals surface area contributed by atoms with Crippen LogP contribution in [0, 0.1) is 22.7 Å². The van der Waals surface area contributed by atoms with Crippen LogP contribution >= 0.6 is 11.6 Å². The van der Waals surface area contributed by atoms with Crippen LogP contribution in [0.2, 0.25) is 5.02 Å². The summed E-state index contributed by atoms with van der Waals surface area (Å²) < 4.78 is 43.8. The molecule has 0 unspecified atom stereocenters. The van der Waals surface area contributed by atoms with E-state index >= 15 is 0 Å². The number of hydrogen-bond donors (Lipinski definition) is 0. The lowest BCUT2D eigenvalue weighted by Gasteiger charge is -2.60. The third-order valence-electron chi connectivity index (χ3n) is 8.40. The first-order valence-electron chi connectivity index (χ1n) is 12.5. The maximum absolute atomic E-state index is 14.0.